The summed E-state index contributed by atoms with van der Waals surface area (Å²) >= 11 is 0. The quantitative estimate of drug-likeness (QED) is 0.901. The lowest BCUT2D eigenvalue weighted by Crippen LogP contribution is -2.43. The van der Waals surface area contributed by atoms with Crippen LogP contribution in [0.15, 0.2) is 24.3 Å². The van der Waals surface area contributed by atoms with E-state index in [-0.39, 0.29) is 12.5 Å². The van der Waals surface area contributed by atoms with Gasteiger partial charge in [0, 0.05) is 12.5 Å². The first kappa shape index (κ1) is 15.3. The molecule has 0 spiro atoms. The summed E-state index contributed by atoms with van der Waals surface area (Å²) < 4.78 is 39.0. The molecule has 2 N–H and O–H groups in total. The van der Waals surface area contributed by atoms with E-state index in [2.05, 4.69) is 5.32 Å². The van der Waals surface area contributed by atoms with E-state index >= 15 is 0 Å². The smallest absolute Gasteiger partial charge is 0.260 e. The Hall–Kier alpha value is -1.56. The van der Waals surface area contributed by atoms with Crippen LogP contribution in [-0.2, 0) is 10.4 Å². The number of amides is 1. The molecular formula is C16H18F3NO2. The molecule has 0 bridgehead atoms. The largest absolute Gasteiger partial charge is 0.385 e. The fourth-order valence-electron chi connectivity index (χ4n) is 3.11. The van der Waals surface area contributed by atoms with Gasteiger partial charge in [-0.25, -0.2) is 13.2 Å². The van der Waals surface area contributed by atoms with Crippen molar-refractivity contribution in [3.05, 3.63) is 35.6 Å². The van der Waals surface area contributed by atoms with Crippen molar-refractivity contribution in [1.82, 2.24) is 5.32 Å². The number of rotatable bonds is 3. The summed E-state index contributed by atoms with van der Waals surface area (Å²) in [5.41, 5.74) is -0.599. The molecule has 2 fully saturated rings. The summed E-state index contributed by atoms with van der Waals surface area (Å²) in [5.74, 6) is -5.07. The zero-order chi connectivity index (χ0) is 16.0. The van der Waals surface area contributed by atoms with Crippen molar-refractivity contribution >= 4 is 5.91 Å². The highest BCUT2D eigenvalue weighted by atomic mass is 19.3. The maximum absolute atomic E-state index is 13.3. The van der Waals surface area contributed by atoms with E-state index in [0.29, 0.717) is 31.2 Å². The first-order valence-corrected chi connectivity index (χ1v) is 7.47. The lowest BCUT2D eigenvalue weighted by atomic mass is 9.77. The minimum absolute atomic E-state index is 0.210. The molecule has 1 unspecified atom stereocenters. The van der Waals surface area contributed by atoms with Crippen LogP contribution in [0.4, 0.5) is 13.2 Å². The molecule has 0 radical (unpaired) electrons. The van der Waals surface area contributed by atoms with Crippen LogP contribution in [0.1, 0.15) is 37.7 Å². The van der Waals surface area contributed by atoms with Gasteiger partial charge in [-0.05, 0) is 43.4 Å². The third kappa shape index (κ3) is 2.97. The molecule has 22 heavy (non-hydrogen) atoms. The highest BCUT2D eigenvalue weighted by molar-refractivity contribution is 5.83. The highest BCUT2D eigenvalue weighted by Gasteiger charge is 2.61. The van der Waals surface area contributed by atoms with Gasteiger partial charge in [0.25, 0.3) is 5.92 Å². The second-order valence-electron chi connectivity index (χ2n) is 6.34. The molecule has 0 aliphatic heterocycles. The Balaban J connectivity index is 1.57. The molecule has 1 aromatic rings. The molecule has 0 saturated heterocycles. The zero-order valence-corrected chi connectivity index (χ0v) is 12.0. The van der Waals surface area contributed by atoms with Crippen molar-refractivity contribution in [2.45, 2.75) is 49.7 Å². The van der Waals surface area contributed by atoms with Gasteiger partial charge >= 0.3 is 0 Å². The van der Waals surface area contributed by atoms with Gasteiger partial charge in [-0.2, -0.15) is 0 Å². The SMILES string of the molecule is O=C(NC1CCC(O)(c2cccc(F)c2)CC1)C1CC1(F)F. The summed E-state index contributed by atoms with van der Waals surface area (Å²) in [6.07, 6.45) is 1.32. The van der Waals surface area contributed by atoms with Gasteiger partial charge in [0.2, 0.25) is 5.91 Å². The minimum atomic E-state index is -2.86. The van der Waals surface area contributed by atoms with Crippen molar-refractivity contribution in [3.8, 4) is 0 Å². The summed E-state index contributed by atoms with van der Waals surface area (Å²) in [5, 5.41) is 13.3. The average molecular weight is 313 g/mol. The maximum atomic E-state index is 13.3. The first-order chi connectivity index (χ1) is 10.3. The van der Waals surface area contributed by atoms with Gasteiger partial charge in [0.15, 0.2) is 0 Å². The van der Waals surface area contributed by atoms with Crippen LogP contribution >= 0.6 is 0 Å². The number of alkyl halides is 2. The standard InChI is InChI=1S/C16H18F3NO2/c17-11-3-1-2-10(8-11)15(22)6-4-12(5-7-15)20-14(21)13-9-16(13,18)19/h1-3,8,12-13,22H,4-7,9H2,(H,20,21). The van der Waals surface area contributed by atoms with E-state index in [4.69, 9.17) is 0 Å². The maximum Gasteiger partial charge on any atom is 0.260 e. The van der Waals surface area contributed by atoms with Crippen LogP contribution in [0.2, 0.25) is 0 Å². The van der Waals surface area contributed by atoms with E-state index in [9.17, 15) is 23.1 Å². The van der Waals surface area contributed by atoms with Gasteiger partial charge in [0.1, 0.15) is 11.7 Å². The number of aliphatic hydroxyl groups is 1. The van der Waals surface area contributed by atoms with E-state index in [1.807, 2.05) is 0 Å². The summed E-state index contributed by atoms with van der Waals surface area (Å²) in [4.78, 5) is 11.7. The van der Waals surface area contributed by atoms with Crippen LogP contribution in [0.25, 0.3) is 0 Å². The van der Waals surface area contributed by atoms with Crippen LogP contribution in [0, 0.1) is 11.7 Å². The van der Waals surface area contributed by atoms with Crippen molar-refractivity contribution in [3.63, 3.8) is 0 Å². The molecule has 0 heterocycles. The second kappa shape index (κ2) is 5.26. The van der Waals surface area contributed by atoms with E-state index < -0.39 is 29.2 Å². The van der Waals surface area contributed by atoms with Gasteiger partial charge in [-0.15, -0.1) is 0 Å². The zero-order valence-electron chi connectivity index (χ0n) is 12.0. The topological polar surface area (TPSA) is 49.3 Å². The second-order valence-corrected chi connectivity index (χ2v) is 6.34. The summed E-state index contributed by atoms with van der Waals surface area (Å²) in [6, 6.07) is 5.63. The van der Waals surface area contributed by atoms with Gasteiger partial charge < -0.3 is 10.4 Å². The Morgan fingerprint density at radius 2 is 1.91 bits per heavy atom. The van der Waals surface area contributed by atoms with Gasteiger partial charge in [0.05, 0.1) is 5.60 Å². The fraction of sp³-hybridized carbons (Fsp3) is 0.562. The van der Waals surface area contributed by atoms with Gasteiger partial charge in [-0.1, -0.05) is 12.1 Å². The molecule has 0 aromatic heterocycles. The Morgan fingerprint density at radius 1 is 1.27 bits per heavy atom. The average Bonchev–Trinajstić information content (AvgIpc) is 3.11. The molecule has 2 saturated carbocycles. The number of hydrogen-bond donors (Lipinski definition) is 2. The lowest BCUT2D eigenvalue weighted by Gasteiger charge is -2.36. The molecule has 1 amide bonds. The first-order valence-electron chi connectivity index (χ1n) is 7.47. The third-order valence-corrected chi connectivity index (χ3v) is 4.66. The molecule has 6 heteroatoms. The van der Waals surface area contributed by atoms with Crippen molar-refractivity contribution in [2.75, 3.05) is 0 Å². The Labute approximate surface area is 126 Å². The Morgan fingerprint density at radius 3 is 2.45 bits per heavy atom. The number of carbonyl (C=O) groups is 1. The molecule has 3 nitrogen and oxygen atoms in total. The molecule has 2 aliphatic carbocycles. The predicted octanol–water partition coefficient (Wildman–Crippen LogP) is 2.73. The summed E-state index contributed by atoms with van der Waals surface area (Å²) in [6.45, 7) is 0. The highest BCUT2D eigenvalue weighted by Crippen LogP contribution is 2.49. The van der Waals surface area contributed by atoms with Crippen LogP contribution in [-0.4, -0.2) is 23.0 Å². The predicted molar refractivity (Wildman–Crippen MR) is 73.7 cm³/mol. The van der Waals surface area contributed by atoms with Crippen LogP contribution in [0.3, 0.4) is 0 Å². The number of nitrogens with one attached hydrogen (secondary N) is 1. The Bertz CT molecular complexity index is 583. The third-order valence-electron chi connectivity index (χ3n) is 4.66. The molecule has 1 atom stereocenters. The van der Waals surface area contributed by atoms with E-state index in [1.54, 1.807) is 12.1 Å². The van der Waals surface area contributed by atoms with Crippen molar-refractivity contribution < 1.29 is 23.1 Å². The monoisotopic (exact) mass is 313 g/mol. The molecular weight excluding hydrogens is 295 g/mol. The molecule has 2 aliphatic rings. The number of carbonyl (C=O) groups excluding carboxylic acids is 1. The minimum Gasteiger partial charge on any atom is -0.385 e. The number of hydrogen-bond acceptors (Lipinski definition) is 2. The molecule has 3 rings (SSSR count). The molecule has 1 aromatic carbocycles. The fourth-order valence-corrected chi connectivity index (χ4v) is 3.11. The van der Waals surface area contributed by atoms with Crippen LogP contribution in [0.5, 0.6) is 0 Å². The normalized spacial score (nSPS) is 33.3. The number of halogens is 3. The van der Waals surface area contributed by atoms with Crippen molar-refractivity contribution in [2.24, 2.45) is 5.92 Å². The lowest BCUT2D eigenvalue weighted by molar-refractivity contribution is -0.126. The van der Waals surface area contributed by atoms with Crippen LogP contribution < -0.4 is 5.32 Å². The number of benzene rings is 1. The Kier molecular flexibility index (Phi) is 3.67. The van der Waals surface area contributed by atoms with E-state index in [1.165, 1.54) is 12.1 Å². The van der Waals surface area contributed by atoms with Crippen molar-refractivity contribution in [1.29, 1.82) is 0 Å². The summed E-state index contributed by atoms with van der Waals surface area (Å²) in [7, 11) is 0. The molecule has 120 valence electrons. The van der Waals surface area contributed by atoms with Gasteiger partial charge in [-0.3, -0.25) is 4.79 Å². The van der Waals surface area contributed by atoms with E-state index in [0.717, 1.165) is 0 Å².